The van der Waals surface area contributed by atoms with Crippen molar-refractivity contribution in [2.75, 3.05) is 23.3 Å². The molecule has 29 heavy (non-hydrogen) atoms. The van der Waals surface area contributed by atoms with Crippen LogP contribution in [0.15, 0.2) is 35.6 Å². The number of anilines is 3. The van der Waals surface area contributed by atoms with E-state index in [0.717, 1.165) is 12.8 Å². The van der Waals surface area contributed by atoms with E-state index in [0.29, 0.717) is 19.0 Å². The number of benzene rings is 1. The fourth-order valence-electron chi connectivity index (χ4n) is 3.47. The minimum Gasteiger partial charge on any atom is -0.391 e. The molecule has 0 amide bonds. The van der Waals surface area contributed by atoms with Gasteiger partial charge in [-0.3, -0.25) is 10.1 Å². The quantitative estimate of drug-likeness (QED) is 0.580. The Bertz CT molecular complexity index is 947. The lowest BCUT2D eigenvalue weighted by Gasteiger charge is -2.31. The van der Waals surface area contributed by atoms with Crippen molar-refractivity contribution in [3.8, 4) is 0 Å². The molecule has 4 rings (SSSR count). The van der Waals surface area contributed by atoms with Crippen LogP contribution < -0.4 is 15.7 Å². The number of para-hydroxylation sites is 1. The molecular weight excluding hydrogens is 381 g/mol. The largest absolute Gasteiger partial charge is 0.391 e. The Kier molecular flexibility index (Phi) is 5.21. The third-order valence-electron chi connectivity index (χ3n) is 4.91. The van der Waals surface area contributed by atoms with Crippen LogP contribution in [0.3, 0.4) is 0 Å². The number of nitrogens with one attached hydrogen (secondary N) is 2. The molecule has 152 valence electrons. The number of hydrogen-bond donors (Lipinski definition) is 2. The second kappa shape index (κ2) is 7.95. The van der Waals surface area contributed by atoms with Crippen molar-refractivity contribution in [3.05, 3.63) is 46.5 Å². The summed E-state index contributed by atoms with van der Waals surface area (Å²) in [6.07, 6.45) is 2.63. The highest BCUT2D eigenvalue weighted by molar-refractivity contribution is 5.80. The molecule has 2 aliphatic heterocycles. The van der Waals surface area contributed by atoms with Crippen molar-refractivity contribution in [2.24, 2.45) is 10.9 Å². The Hall–Kier alpha value is -3.34. The number of hydrogen-bond acceptors (Lipinski definition) is 9. The van der Waals surface area contributed by atoms with E-state index >= 15 is 0 Å². The maximum Gasteiger partial charge on any atom is 0.353 e. The van der Waals surface area contributed by atoms with Gasteiger partial charge >= 0.3 is 5.69 Å². The molecule has 1 saturated heterocycles. The summed E-state index contributed by atoms with van der Waals surface area (Å²) in [4.78, 5) is 31.0. The first-order chi connectivity index (χ1) is 14.0. The van der Waals surface area contributed by atoms with E-state index in [9.17, 15) is 14.5 Å². The number of nitrogens with zero attached hydrogens (tertiary/aromatic N) is 5. The second-order valence-corrected chi connectivity index (χ2v) is 6.88. The standard InChI is InChI=1S/C18H20FN7O3/c1-11-22-18(29-24-11)12-6-8-25(9-7-12)17-15(26(27)28)16(20-10-21-17)23-14-5-3-2-4-13(14)19/h2-5,10-12,24H,6-9H2,1H3,(H,20,21,23). The minimum absolute atomic E-state index is 0.0475. The predicted octanol–water partition coefficient (Wildman–Crippen LogP) is 2.76. The van der Waals surface area contributed by atoms with Crippen molar-refractivity contribution in [2.45, 2.75) is 25.9 Å². The summed E-state index contributed by atoms with van der Waals surface area (Å²) in [7, 11) is 0. The molecule has 0 saturated carbocycles. The summed E-state index contributed by atoms with van der Waals surface area (Å²) in [6, 6.07) is 5.93. The van der Waals surface area contributed by atoms with Crippen LogP contribution in [-0.4, -0.2) is 40.0 Å². The van der Waals surface area contributed by atoms with Gasteiger partial charge in [-0.1, -0.05) is 12.1 Å². The lowest BCUT2D eigenvalue weighted by Crippen LogP contribution is -2.37. The number of nitro groups is 1. The third kappa shape index (κ3) is 3.94. The summed E-state index contributed by atoms with van der Waals surface area (Å²) in [5, 5.41) is 14.5. The zero-order valence-electron chi connectivity index (χ0n) is 15.7. The highest BCUT2D eigenvalue weighted by Crippen LogP contribution is 2.36. The van der Waals surface area contributed by atoms with E-state index in [4.69, 9.17) is 4.84 Å². The van der Waals surface area contributed by atoms with Gasteiger partial charge in [0.05, 0.1) is 10.6 Å². The fourth-order valence-corrected chi connectivity index (χ4v) is 3.47. The van der Waals surface area contributed by atoms with E-state index in [1.165, 1.54) is 18.5 Å². The van der Waals surface area contributed by atoms with Crippen LogP contribution in [0.1, 0.15) is 19.8 Å². The summed E-state index contributed by atoms with van der Waals surface area (Å²) in [6.45, 7) is 3.01. The molecular formula is C18H20FN7O3. The molecule has 3 heterocycles. The topological polar surface area (TPSA) is 118 Å². The predicted molar refractivity (Wildman–Crippen MR) is 104 cm³/mol. The van der Waals surface area contributed by atoms with Crippen LogP contribution >= 0.6 is 0 Å². The average Bonchev–Trinajstić information content (AvgIpc) is 3.16. The molecule has 0 bridgehead atoms. The van der Waals surface area contributed by atoms with Gasteiger partial charge < -0.3 is 15.1 Å². The molecule has 1 fully saturated rings. The number of halogens is 1. The highest BCUT2D eigenvalue weighted by Gasteiger charge is 2.33. The van der Waals surface area contributed by atoms with Crippen molar-refractivity contribution in [3.63, 3.8) is 0 Å². The lowest BCUT2D eigenvalue weighted by molar-refractivity contribution is -0.383. The Morgan fingerprint density at radius 3 is 2.72 bits per heavy atom. The summed E-state index contributed by atoms with van der Waals surface area (Å²) in [5.41, 5.74) is 2.63. The normalized spacial score (nSPS) is 19.6. The maximum atomic E-state index is 14.0. The molecule has 1 aromatic carbocycles. The monoisotopic (exact) mass is 401 g/mol. The van der Waals surface area contributed by atoms with Crippen LogP contribution in [-0.2, 0) is 4.84 Å². The van der Waals surface area contributed by atoms with E-state index in [2.05, 4.69) is 25.8 Å². The van der Waals surface area contributed by atoms with Gasteiger partial charge in [0.15, 0.2) is 0 Å². The van der Waals surface area contributed by atoms with Crippen LogP contribution in [0.2, 0.25) is 0 Å². The maximum absolute atomic E-state index is 14.0. The number of hydroxylamine groups is 1. The Morgan fingerprint density at radius 2 is 2.07 bits per heavy atom. The fraction of sp³-hybridized carbons (Fsp3) is 0.389. The van der Waals surface area contributed by atoms with Crippen molar-refractivity contribution < 1.29 is 14.2 Å². The van der Waals surface area contributed by atoms with Gasteiger partial charge in [-0.25, -0.2) is 19.4 Å². The van der Waals surface area contributed by atoms with Gasteiger partial charge in [0.25, 0.3) is 0 Å². The van der Waals surface area contributed by atoms with Gasteiger partial charge in [0.1, 0.15) is 18.3 Å². The number of aliphatic imine (C=N–C) groups is 1. The minimum atomic E-state index is -0.541. The molecule has 1 unspecified atom stereocenters. The zero-order chi connectivity index (χ0) is 20.4. The van der Waals surface area contributed by atoms with E-state index in [1.807, 2.05) is 11.8 Å². The van der Waals surface area contributed by atoms with Gasteiger partial charge in [0.2, 0.25) is 17.5 Å². The second-order valence-electron chi connectivity index (χ2n) is 6.88. The first-order valence-corrected chi connectivity index (χ1v) is 9.29. The number of piperidine rings is 1. The zero-order valence-corrected chi connectivity index (χ0v) is 15.7. The lowest BCUT2D eigenvalue weighted by atomic mass is 9.96. The first kappa shape index (κ1) is 19.0. The molecule has 0 aliphatic carbocycles. The first-order valence-electron chi connectivity index (χ1n) is 9.29. The molecule has 10 nitrogen and oxygen atoms in total. The third-order valence-corrected chi connectivity index (χ3v) is 4.91. The van der Waals surface area contributed by atoms with E-state index < -0.39 is 10.7 Å². The smallest absolute Gasteiger partial charge is 0.353 e. The molecule has 1 atom stereocenters. The molecule has 2 aromatic rings. The molecule has 0 radical (unpaired) electrons. The van der Waals surface area contributed by atoms with Crippen LogP contribution in [0.4, 0.5) is 27.4 Å². The molecule has 0 spiro atoms. The van der Waals surface area contributed by atoms with Crippen LogP contribution in [0.25, 0.3) is 0 Å². The summed E-state index contributed by atoms with van der Waals surface area (Å²) < 4.78 is 14.0. The van der Waals surface area contributed by atoms with E-state index in [-0.39, 0.29) is 35.1 Å². The SMILES string of the molecule is CC1N=C(C2CCN(c3ncnc(Nc4ccccc4F)c3[N+](=O)[O-])CC2)ON1. The number of rotatable bonds is 5. The average molecular weight is 401 g/mol. The van der Waals surface area contributed by atoms with Gasteiger partial charge in [0, 0.05) is 19.0 Å². The van der Waals surface area contributed by atoms with Crippen molar-refractivity contribution in [1.29, 1.82) is 0 Å². The Morgan fingerprint density at radius 1 is 1.31 bits per heavy atom. The number of aromatic nitrogens is 2. The van der Waals surface area contributed by atoms with Gasteiger partial charge in [-0.2, -0.15) is 0 Å². The van der Waals surface area contributed by atoms with E-state index in [1.54, 1.807) is 12.1 Å². The van der Waals surface area contributed by atoms with Crippen molar-refractivity contribution >= 4 is 28.9 Å². The molecule has 1 aromatic heterocycles. The molecule has 2 aliphatic rings. The van der Waals surface area contributed by atoms with Gasteiger partial charge in [-0.15, -0.1) is 5.48 Å². The Labute approximate surface area is 165 Å². The Balaban J connectivity index is 1.56. The highest BCUT2D eigenvalue weighted by atomic mass is 19.1. The molecule has 11 heteroatoms. The molecule has 2 N–H and O–H groups in total. The van der Waals surface area contributed by atoms with Crippen LogP contribution in [0.5, 0.6) is 0 Å². The van der Waals surface area contributed by atoms with Crippen molar-refractivity contribution in [1.82, 2.24) is 15.4 Å². The summed E-state index contributed by atoms with van der Waals surface area (Å²) in [5.74, 6) is 0.469. The van der Waals surface area contributed by atoms with Crippen LogP contribution in [0, 0.1) is 21.8 Å². The van der Waals surface area contributed by atoms with Gasteiger partial charge in [-0.05, 0) is 31.9 Å². The summed E-state index contributed by atoms with van der Waals surface area (Å²) >= 11 is 0.